The number of anilines is 2. The van der Waals surface area contributed by atoms with Crippen LogP contribution in [-0.4, -0.2) is 58.6 Å². The van der Waals surface area contributed by atoms with Crippen LogP contribution >= 0.6 is 0 Å². The molecule has 0 aliphatic heterocycles. The highest BCUT2D eigenvalue weighted by Crippen LogP contribution is 2.49. The van der Waals surface area contributed by atoms with Crippen molar-refractivity contribution in [2.24, 2.45) is 5.73 Å². The van der Waals surface area contributed by atoms with Crippen molar-refractivity contribution >= 4 is 11.5 Å². The number of fused-ring (bicyclic) bond motifs is 3. The van der Waals surface area contributed by atoms with Gasteiger partial charge in [-0.3, -0.25) is 0 Å². The second-order valence-corrected chi connectivity index (χ2v) is 9.57. The number of nitrogens with zero attached hydrogens (tertiary/aromatic N) is 3. The first kappa shape index (κ1) is 22.8. The number of aliphatic hydroxyl groups is 2. The molecule has 8 heteroatoms. The number of aliphatic hydroxyl groups excluding tert-OH is 2. The molecule has 2 aliphatic carbocycles. The summed E-state index contributed by atoms with van der Waals surface area (Å²) < 4.78 is 6.54. The zero-order chi connectivity index (χ0) is 22.9. The van der Waals surface area contributed by atoms with E-state index < -0.39 is 0 Å². The van der Waals surface area contributed by atoms with Crippen LogP contribution in [0.4, 0.5) is 11.5 Å². The number of nitrogen functional groups attached to an aromatic ring is 1. The van der Waals surface area contributed by atoms with Crippen molar-refractivity contribution in [2.45, 2.75) is 63.5 Å². The first-order valence-corrected chi connectivity index (χ1v) is 11.5. The van der Waals surface area contributed by atoms with E-state index in [-0.39, 0.29) is 30.8 Å². The van der Waals surface area contributed by atoms with E-state index in [1.165, 1.54) is 6.33 Å². The van der Waals surface area contributed by atoms with Crippen LogP contribution in [0.2, 0.25) is 0 Å². The molecule has 1 aromatic heterocycles. The maximum atomic E-state index is 9.75. The Bertz CT molecular complexity index is 951. The third kappa shape index (κ3) is 4.27. The van der Waals surface area contributed by atoms with Crippen LogP contribution in [0.3, 0.4) is 0 Å². The summed E-state index contributed by atoms with van der Waals surface area (Å²) in [6.07, 6.45) is 6.11. The molecular weight excluding hydrogens is 406 g/mol. The van der Waals surface area contributed by atoms with Crippen LogP contribution in [-0.2, 0) is 11.8 Å². The number of rotatable bonds is 7. The fourth-order valence-corrected chi connectivity index (χ4v) is 5.22. The van der Waals surface area contributed by atoms with Crippen molar-refractivity contribution < 1.29 is 14.9 Å². The van der Waals surface area contributed by atoms with Crippen LogP contribution in [0.5, 0.6) is 5.75 Å². The summed E-state index contributed by atoms with van der Waals surface area (Å²) in [6, 6.07) is 4.30. The van der Waals surface area contributed by atoms with Gasteiger partial charge in [0.15, 0.2) is 0 Å². The van der Waals surface area contributed by atoms with E-state index in [4.69, 9.17) is 16.2 Å². The largest absolute Gasteiger partial charge is 0.488 e. The smallest absolute Gasteiger partial charge is 0.143 e. The third-order valence-electron chi connectivity index (χ3n) is 6.74. The Hall–Kier alpha value is -2.42. The normalized spacial score (nSPS) is 21.5. The molecule has 1 saturated carbocycles. The van der Waals surface area contributed by atoms with Gasteiger partial charge in [0.1, 0.15) is 17.9 Å². The van der Waals surface area contributed by atoms with E-state index in [1.807, 2.05) is 11.0 Å². The zero-order valence-electron chi connectivity index (χ0n) is 19.0. The lowest BCUT2D eigenvalue weighted by Crippen LogP contribution is -2.35. The maximum absolute atomic E-state index is 9.75. The van der Waals surface area contributed by atoms with Gasteiger partial charge in [-0.15, -0.1) is 0 Å². The van der Waals surface area contributed by atoms with Crippen LogP contribution < -0.4 is 21.1 Å². The van der Waals surface area contributed by atoms with Gasteiger partial charge in [0, 0.05) is 30.3 Å². The monoisotopic (exact) mass is 441 g/mol. The molecule has 8 nitrogen and oxygen atoms in total. The number of hydrogen-bond donors (Lipinski definition) is 4. The van der Waals surface area contributed by atoms with E-state index in [0.29, 0.717) is 18.9 Å². The Balaban J connectivity index is 1.85. The molecule has 0 atom stereocenters. The van der Waals surface area contributed by atoms with E-state index in [1.54, 1.807) is 0 Å². The van der Waals surface area contributed by atoms with Crippen molar-refractivity contribution in [2.75, 3.05) is 36.9 Å². The molecule has 0 radical (unpaired) electrons. The van der Waals surface area contributed by atoms with Crippen molar-refractivity contribution in [3.63, 3.8) is 0 Å². The van der Waals surface area contributed by atoms with Crippen LogP contribution in [0.25, 0.3) is 11.3 Å². The lowest BCUT2D eigenvalue weighted by atomic mass is 9.71. The number of ether oxygens (including phenoxy) is 1. The van der Waals surface area contributed by atoms with Crippen LogP contribution in [0, 0.1) is 0 Å². The van der Waals surface area contributed by atoms with Gasteiger partial charge in [-0.2, -0.15) is 0 Å². The van der Waals surface area contributed by atoms with Crippen molar-refractivity contribution in [3.05, 3.63) is 29.6 Å². The predicted octanol–water partition coefficient (Wildman–Crippen LogP) is 2.00. The Morgan fingerprint density at radius 1 is 1.09 bits per heavy atom. The van der Waals surface area contributed by atoms with Gasteiger partial charge in [-0.25, -0.2) is 9.97 Å². The van der Waals surface area contributed by atoms with E-state index in [0.717, 1.165) is 65.9 Å². The Labute approximate surface area is 189 Å². The topological polar surface area (TPSA) is 131 Å². The minimum Gasteiger partial charge on any atom is -0.488 e. The van der Waals surface area contributed by atoms with E-state index >= 15 is 0 Å². The number of aromatic nitrogens is 2. The second kappa shape index (κ2) is 9.21. The van der Waals surface area contributed by atoms with E-state index in [2.05, 4.69) is 29.9 Å². The molecule has 32 heavy (non-hydrogen) atoms. The number of nitrogens with two attached hydrogens (primary N) is 2. The summed E-state index contributed by atoms with van der Waals surface area (Å²) in [7, 11) is 0. The molecule has 2 aromatic rings. The quantitative estimate of drug-likeness (QED) is 0.513. The summed E-state index contributed by atoms with van der Waals surface area (Å²) in [4.78, 5) is 10.9. The summed E-state index contributed by atoms with van der Waals surface area (Å²) in [5, 5.41) is 19.5. The summed E-state index contributed by atoms with van der Waals surface area (Å²) in [6.45, 7) is 5.07. The highest BCUT2D eigenvalue weighted by molar-refractivity contribution is 5.83. The first-order valence-electron chi connectivity index (χ1n) is 11.5. The fourth-order valence-electron chi connectivity index (χ4n) is 5.22. The standard InChI is InChI=1S/C24H35N5O3/c1-24(2)13-18-17(21-20(24)23(26)28-14-27-21)7-8-19(22(18)29(9-11-30)10-12-31)32-16-5-3-15(25)4-6-16/h7-8,14-16,30-31H,3-6,9-13,25H2,1-2H3,(H2,26,27,28). The highest BCUT2D eigenvalue weighted by atomic mass is 16.5. The van der Waals surface area contributed by atoms with Gasteiger partial charge in [-0.1, -0.05) is 13.8 Å². The Morgan fingerprint density at radius 2 is 1.78 bits per heavy atom. The minimum atomic E-state index is -0.275. The molecule has 174 valence electrons. The fraction of sp³-hybridized carbons (Fsp3) is 0.583. The molecule has 1 aromatic carbocycles. The number of benzene rings is 1. The van der Waals surface area contributed by atoms with E-state index in [9.17, 15) is 10.2 Å². The summed E-state index contributed by atoms with van der Waals surface area (Å²) in [5.41, 5.74) is 16.9. The van der Waals surface area contributed by atoms with Gasteiger partial charge in [0.05, 0.1) is 30.7 Å². The lowest BCUT2D eigenvalue weighted by molar-refractivity contribution is 0.147. The van der Waals surface area contributed by atoms with Gasteiger partial charge < -0.3 is 31.3 Å². The molecular formula is C24H35N5O3. The van der Waals surface area contributed by atoms with Crippen molar-refractivity contribution in [1.82, 2.24) is 9.97 Å². The molecule has 0 amide bonds. The molecule has 0 bridgehead atoms. The highest BCUT2D eigenvalue weighted by Gasteiger charge is 2.37. The third-order valence-corrected chi connectivity index (χ3v) is 6.74. The second-order valence-electron chi connectivity index (χ2n) is 9.57. The van der Waals surface area contributed by atoms with Crippen LogP contribution in [0.1, 0.15) is 50.7 Å². The molecule has 4 rings (SSSR count). The SMILES string of the molecule is CC1(C)Cc2c(ccc(OC3CCC(N)CC3)c2N(CCO)CCO)-c2ncnc(N)c21. The van der Waals surface area contributed by atoms with Crippen molar-refractivity contribution in [1.29, 1.82) is 0 Å². The molecule has 0 spiro atoms. The Morgan fingerprint density at radius 3 is 2.44 bits per heavy atom. The van der Waals surface area contributed by atoms with Gasteiger partial charge >= 0.3 is 0 Å². The average Bonchev–Trinajstić information content (AvgIpc) is 2.74. The molecule has 2 aliphatic rings. The van der Waals surface area contributed by atoms with Gasteiger partial charge in [0.2, 0.25) is 0 Å². The van der Waals surface area contributed by atoms with Crippen molar-refractivity contribution in [3.8, 4) is 17.0 Å². The molecule has 1 fully saturated rings. The Kier molecular flexibility index (Phi) is 6.55. The number of hydrogen-bond acceptors (Lipinski definition) is 8. The molecule has 6 N–H and O–H groups in total. The maximum Gasteiger partial charge on any atom is 0.143 e. The average molecular weight is 442 g/mol. The minimum absolute atomic E-state index is 0.0174. The van der Waals surface area contributed by atoms with Gasteiger partial charge in [-0.05, 0) is 55.2 Å². The lowest BCUT2D eigenvalue weighted by Gasteiger charge is -2.38. The summed E-state index contributed by atoms with van der Waals surface area (Å²) >= 11 is 0. The predicted molar refractivity (Wildman–Crippen MR) is 126 cm³/mol. The van der Waals surface area contributed by atoms with Crippen LogP contribution in [0.15, 0.2) is 18.5 Å². The zero-order valence-corrected chi connectivity index (χ0v) is 19.0. The molecule has 0 saturated heterocycles. The van der Waals surface area contributed by atoms with Gasteiger partial charge in [0.25, 0.3) is 0 Å². The molecule has 0 unspecified atom stereocenters. The summed E-state index contributed by atoms with van der Waals surface area (Å²) in [5.74, 6) is 1.29. The molecule has 1 heterocycles. The first-order chi connectivity index (χ1) is 15.4.